The molecule has 0 radical (unpaired) electrons. The van der Waals surface area contributed by atoms with E-state index in [9.17, 15) is 13.6 Å². The number of methoxy groups -OCH3 is 1. The second-order valence-electron chi connectivity index (χ2n) is 2.94. The summed E-state index contributed by atoms with van der Waals surface area (Å²) in [6.07, 6.45) is 0. The number of carbonyl (C=O) groups excluding carboxylic acids is 1. The van der Waals surface area contributed by atoms with Gasteiger partial charge in [0.15, 0.2) is 0 Å². The summed E-state index contributed by atoms with van der Waals surface area (Å²) in [4.78, 5) is 11.4. The van der Waals surface area contributed by atoms with Crippen LogP contribution in [-0.2, 0) is 10.6 Å². The van der Waals surface area contributed by atoms with E-state index in [0.29, 0.717) is 4.47 Å². The third-order valence-corrected chi connectivity index (χ3v) is 2.86. The average molecular weight is 330 g/mol. The Morgan fingerprint density at radius 3 is 2.65 bits per heavy atom. The summed E-state index contributed by atoms with van der Waals surface area (Å²) in [5.41, 5.74) is 0.486. The van der Waals surface area contributed by atoms with Gasteiger partial charge in [-0.1, -0.05) is 0 Å². The molecule has 0 saturated heterocycles. The van der Waals surface area contributed by atoms with Gasteiger partial charge in [-0.25, -0.2) is 4.79 Å². The molecular weight excluding hydrogens is 321 g/mol. The van der Waals surface area contributed by atoms with E-state index in [1.807, 2.05) is 0 Å². The highest BCUT2D eigenvalue weighted by Gasteiger charge is 2.17. The Hall–Kier alpha value is -0.880. The predicted octanol–water partition coefficient (Wildman–Crippen LogP) is 3.58. The summed E-state index contributed by atoms with van der Waals surface area (Å²) < 4.78 is 33.4. The van der Waals surface area contributed by atoms with E-state index in [1.54, 1.807) is 0 Å². The summed E-state index contributed by atoms with van der Waals surface area (Å²) in [5.74, 6) is -0.722. The molecule has 3 nitrogen and oxygen atoms in total. The van der Waals surface area contributed by atoms with Gasteiger partial charge in [0.25, 0.3) is 0 Å². The SMILES string of the molecule is COC(=O)c1cc(CCl)c(OC(F)F)cc1Br. The Balaban J connectivity index is 3.19. The highest BCUT2D eigenvalue weighted by atomic mass is 79.9. The van der Waals surface area contributed by atoms with Crippen molar-refractivity contribution in [3.8, 4) is 5.75 Å². The number of alkyl halides is 3. The van der Waals surface area contributed by atoms with E-state index >= 15 is 0 Å². The number of hydrogen-bond donors (Lipinski definition) is 0. The first-order valence-electron chi connectivity index (χ1n) is 4.41. The van der Waals surface area contributed by atoms with Gasteiger partial charge in [-0.2, -0.15) is 8.78 Å². The number of halogens is 4. The van der Waals surface area contributed by atoms with Gasteiger partial charge in [-0.3, -0.25) is 0 Å². The first-order chi connectivity index (χ1) is 7.99. The number of benzene rings is 1. The predicted molar refractivity (Wildman–Crippen MR) is 61.7 cm³/mol. The molecule has 0 aromatic heterocycles. The molecule has 0 fully saturated rings. The second kappa shape index (κ2) is 6.16. The van der Waals surface area contributed by atoms with Crippen LogP contribution in [-0.4, -0.2) is 19.7 Å². The normalized spacial score (nSPS) is 10.5. The van der Waals surface area contributed by atoms with E-state index in [2.05, 4.69) is 25.4 Å². The Kier molecular flexibility index (Phi) is 5.14. The zero-order chi connectivity index (χ0) is 13.0. The molecular formula is C10H8BrClF2O3. The molecule has 1 aromatic carbocycles. The van der Waals surface area contributed by atoms with Crippen molar-refractivity contribution >= 4 is 33.5 Å². The Morgan fingerprint density at radius 2 is 2.18 bits per heavy atom. The van der Waals surface area contributed by atoms with Crippen molar-refractivity contribution in [1.82, 2.24) is 0 Å². The fourth-order valence-electron chi connectivity index (χ4n) is 1.18. The lowest BCUT2D eigenvalue weighted by Gasteiger charge is -2.11. The maximum Gasteiger partial charge on any atom is 0.387 e. The van der Waals surface area contributed by atoms with E-state index in [1.165, 1.54) is 19.2 Å². The second-order valence-corrected chi connectivity index (χ2v) is 4.07. The molecule has 1 rings (SSSR count). The van der Waals surface area contributed by atoms with Crippen LogP contribution in [0.1, 0.15) is 15.9 Å². The van der Waals surface area contributed by atoms with E-state index in [4.69, 9.17) is 11.6 Å². The van der Waals surface area contributed by atoms with Gasteiger partial charge in [0.2, 0.25) is 0 Å². The van der Waals surface area contributed by atoms with Gasteiger partial charge in [0.05, 0.1) is 18.6 Å². The Labute approximate surface area is 110 Å². The van der Waals surface area contributed by atoms with Gasteiger partial charge < -0.3 is 9.47 Å². The van der Waals surface area contributed by atoms with Gasteiger partial charge in [0.1, 0.15) is 5.75 Å². The molecule has 0 aliphatic rings. The Morgan fingerprint density at radius 1 is 1.53 bits per heavy atom. The smallest absolute Gasteiger partial charge is 0.387 e. The molecule has 0 aliphatic heterocycles. The van der Waals surface area contributed by atoms with Crippen molar-refractivity contribution < 1.29 is 23.0 Å². The van der Waals surface area contributed by atoms with Gasteiger partial charge in [-0.05, 0) is 28.1 Å². The third kappa shape index (κ3) is 3.54. The zero-order valence-corrected chi connectivity index (χ0v) is 11.0. The third-order valence-electron chi connectivity index (χ3n) is 1.92. The molecule has 0 amide bonds. The topological polar surface area (TPSA) is 35.5 Å². The van der Waals surface area contributed by atoms with Crippen molar-refractivity contribution in [1.29, 1.82) is 0 Å². The molecule has 17 heavy (non-hydrogen) atoms. The average Bonchev–Trinajstić information content (AvgIpc) is 2.27. The van der Waals surface area contributed by atoms with Crippen molar-refractivity contribution in [3.63, 3.8) is 0 Å². The van der Waals surface area contributed by atoms with Gasteiger partial charge in [0, 0.05) is 10.0 Å². The summed E-state index contributed by atoms with van der Waals surface area (Å²) in [6, 6.07) is 2.61. The molecule has 0 aliphatic carbocycles. The highest BCUT2D eigenvalue weighted by Crippen LogP contribution is 2.30. The summed E-state index contributed by atoms with van der Waals surface area (Å²) in [5, 5.41) is 0. The van der Waals surface area contributed by atoms with Crippen LogP contribution >= 0.6 is 27.5 Å². The lowest BCUT2D eigenvalue weighted by atomic mass is 10.1. The molecule has 7 heteroatoms. The Bertz CT molecular complexity index is 426. The number of carbonyl (C=O) groups is 1. The quantitative estimate of drug-likeness (QED) is 0.626. The summed E-state index contributed by atoms with van der Waals surface area (Å²) in [7, 11) is 1.22. The maximum absolute atomic E-state index is 12.1. The van der Waals surface area contributed by atoms with Crippen LogP contribution in [0.3, 0.4) is 0 Å². The minimum Gasteiger partial charge on any atom is -0.465 e. The standard InChI is InChI=1S/C10H8BrClF2O3/c1-16-9(15)6-2-5(4-12)8(3-7(6)11)17-10(13)14/h2-3,10H,4H2,1H3. The molecule has 0 atom stereocenters. The first kappa shape index (κ1) is 14.2. The maximum atomic E-state index is 12.1. The molecule has 0 heterocycles. The molecule has 0 spiro atoms. The van der Waals surface area contributed by atoms with Gasteiger partial charge >= 0.3 is 12.6 Å². The molecule has 0 bridgehead atoms. The number of hydrogen-bond acceptors (Lipinski definition) is 3. The van der Waals surface area contributed by atoms with Crippen LogP contribution in [0.5, 0.6) is 5.75 Å². The largest absolute Gasteiger partial charge is 0.465 e. The van der Waals surface area contributed by atoms with Crippen LogP contribution < -0.4 is 4.74 Å². The molecule has 1 aromatic rings. The van der Waals surface area contributed by atoms with Crippen LogP contribution in [0.4, 0.5) is 8.78 Å². The summed E-state index contributed by atoms with van der Waals surface area (Å²) >= 11 is 8.67. The zero-order valence-electron chi connectivity index (χ0n) is 8.68. The fraction of sp³-hybridized carbons (Fsp3) is 0.300. The van der Waals surface area contributed by atoms with E-state index in [0.717, 1.165) is 0 Å². The molecule has 0 saturated carbocycles. The van der Waals surface area contributed by atoms with E-state index in [-0.39, 0.29) is 22.8 Å². The fourth-order valence-corrected chi connectivity index (χ4v) is 1.87. The lowest BCUT2D eigenvalue weighted by molar-refractivity contribution is -0.0503. The number of ether oxygens (including phenoxy) is 2. The van der Waals surface area contributed by atoms with Crippen LogP contribution in [0.2, 0.25) is 0 Å². The number of rotatable bonds is 4. The first-order valence-corrected chi connectivity index (χ1v) is 5.73. The van der Waals surface area contributed by atoms with E-state index < -0.39 is 12.6 Å². The number of esters is 1. The van der Waals surface area contributed by atoms with Crippen LogP contribution in [0, 0.1) is 0 Å². The molecule has 0 unspecified atom stereocenters. The minimum absolute atomic E-state index is 0.0562. The van der Waals surface area contributed by atoms with Crippen molar-refractivity contribution in [2.75, 3.05) is 7.11 Å². The van der Waals surface area contributed by atoms with Crippen molar-refractivity contribution in [2.24, 2.45) is 0 Å². The molecule has 94 valence electrons. The monoisotopic (exact) mass is 328 g/mol. The molecule has 0 N–H and O–H groups in total. The van der Waals surface area contributed by atoms with Crippen molar-refractivity contribution in [3.05, 3.63) is 27.7 Å². The van der Waals surface area contributed by atoms with Crippen LogP contribution in [0.25, 0.3) is 0 Å². The van der Waals surface area contributed by atoms with Gasteiger partial charge in [-0.15, -0.1) is 11.6 Å². The van der Waals surface area contributed by atoms with Crippen molar-refractivity contribution in [2.45, 2.75) is 12.5 Å². The minimum atomic E-state index is -2.95. The lowest BCUT2D eigenvalue weighted by Crippen LogP contribution is -2.07. The summed E-state index contributed by atoms with van der Waals surface area (Å²) in [6.45, 7) is -2.95. The highest BCUT2D eigenvalue weighted by molar-refractivity contribution is 9.10. The van der Waals surface area contributed by atoms with Crippen LogP contribution in [0.15, 0.2) is 16.6 Å².